The Morgan fingerprint density at radius 2 is 2.12 bits per heavy atom. The summed E-state index contributed by atoms with van der Waals surface area (Å²) in [6.45, 7) is 4.40. The van der Waals surface area contributed by atoms with E-state index in [4.69, 9.17) is 4.42 Å². The van der Waals surface area contributed by atoms with Gasteiger partial charge in [-0.15, -0.1) is 0 Å². The number of furan rings is 1. The second kappa shape index (κ2) is 4.27. The molecule has 2 heterocycles. The van der Waals surface area contributed by atoms with Crippen LogP contribution in [0.15, 0.2) is 21.6 Å². The summed E-state index contributed by atoms with van der Waals surface area (Å²) in [5.41, 5.74) is 0. The Balaban J connectivity index is 2.33. The quantitative estimate of drug-likeness (QED) is 0.770. The van der Waals surface area contributed by atoms with Crippen molar-refractivity contribution < 1.29 is 17.6 Å². The summed E-state index contributed by atoms with van der Waals surface area (Å²) >= 11 is 0. The summed E-state index contributed by atoms with van der Waals surface area (Å²) in [5.74, 6) is 0.378. The first-order valence-electron chi connectivity index (χ1n) is 5.52. The summed E-state index contributed by atoms with van der Waals surface area (Å²) in [7, 11) is -3.60. The Kier molecular flexibility index (Phi) is 3.09. The highest BCUT2D eigenvalue weighted by molar-refractivity contribution is 7.89. The van der Waals surface area contributed by atoms with E-state index >= 15 is 0 Å². The van der Waals surface area contributed by atoms with Gasteiger partial charge in [0.15, 0.2) is 12.0 Å². The number of hydrogen-bond donors (Lipinski definition) is 0. The van der Waals surface area contributed by atoms with E-state index in [1.165, 1.54) is 16.4 Å². The van der Waals surface area contributed by atoms with Gasteiger partial charge >= 0.3 is 0 Å². The molecule has 94 valence electrons. The van der Waals surface area contributed by atoms with E-state index in [1.807, 2.05) is 13.8 Å². The molecule has 1 aliphatic heterocycles. The first kappa shape index (κ1) is 12.3. The monoisotopic (exact) mass is 257 g/mol. The zero-order chi connectivity index (χ0) is 12.6. The van der Waals surface area contributed by atoms with Gasteiger partial charge in [-0.05, 0) is 31.4 Å². The molecule has 0 aliphatic carbocycles. The summed E-state index contributed by atoms with van der Waals surface area (Å²) in [6.07, 6.45) is 1.34. The molecule has 0 aromatic carbocycles. The first-order chi connectivity index (χ1) is 7.95. The molecular weight excluding hydrogens is 242 g/mol. The van der Waals surface area contributed by atoms with Crippen LogP contribution in [0, 0.1) is 5.92 Å². The van der Waals surface area contributed by atoms with Gasteiger partial charge < -0.3 is 4.42 Å². The van der Waals surface area contributed by atoms with Crippen molar-refractivity contribution in [2.45, 2.75) is 31.4 Å². The van der Waals surface area contributed by atoms with Gasteiger partial charge in [-0.25, -0.2) is 8.42 Å². The van der Waals surface area contributed by atoms with Crippen LogP contribution >= 0.6 is 0 Å². The molecule has 2 unspecified atom stereocenters. The molecule has 1 fully saturated rings. The Morgan fingerprint density at radius 1 is 1.41 bits per heavy atom. The molecule has 0 spiro atoms. The van der Waals surface area contributed by atoms with E-state index in [2.05, 4.69) is 0 Å². The molecule has 5 nitrogen and oxygen atoms in total. The number of sulfonamides is 1. The first-order valence-corrected chi connectivity index (χ1v) is 6.96. The highest BCUT2D eigenvalue weighted by atomic mass is 32.2. The molecule has 2 atom stereocenters. The minimum Gasteiger partial charge on any atom is -0.440 e. The molecule has 0 bridgehead atoms. The third-order valence-corrected chi connectivity index (χ3v) is 4.86. The van der Waals surface area contributed by atoms with Gasteiger partial charge in [0.25, 0.3) is 10.0 Å². The average molecular weight is 257 g/mol. The van der Waals surface area contributed by atoms with Crippen molar-refractivity contribution in [1.82, 2.24) is 4.31 Å². The highest BCUT2D eigenvalue weighted by Crippen LogP contribution is 2.29. The lowest BCUT2D eigenvalue weighted by atomic mass is 10.1. The highest BCUT2D eigenvalue weighted by Gasteiger charge is 2.37. The van der Waals surface area contributed by atoms with Crippen molar-refractivity contribution in [2.75, 3.05) is 6.54 Å². The van der Waals surface area contributed by atoms with E-state index in [1.54, 1.807) is 0 Å². The minimum atomic E-state index is -3.60. The predicted octanol–water partition coefficient (Wildman–Crippen LogP) is 1.51. The maximum atomic E-state index is 12.2. The predicted molar refractivity (Wildman–Crippen MR) is 61.2 cm³/mol. The largest absolute Gasteiger partial charge is 0.440 e. The van der Waals surface area contributed by atoms with E-state index in [0.717, 1.165) is 6.42 Å². The second-order valence-electron chi connectivity index (χ2n) is 4.54. The molecule has 6 heteroatoms. The van der Waals surface area contributed by atoms with Gasteiger partial charge in [0.2, 0.25) is 5.09 Å². The third-order valence-electron chi connectivity index (χ3n) is 3.01. The van der Waals surface area contributed by atoms with Gasteiger partial charge in [-0.3, -0.25) is 4.79 Å². The molecule has 1 aliphatic rings. The zero-order valence-corrected chi connectivity index (χ0v) is 10.6. The lowest BCUT2D eigenvalue weighted by Gasteiger charge is -2.19. The van der Waals surface area contributed by atoms with Gasteiger partial charge in [-0.2, -0.15) is 4.31 Å². The molecule has 0 amide bonds. The maximum Gasteiger partial charge on any atom is 0.276 e. The summed E-state index contributed by atoms with van der Waals surface area (Å²) in [5, 5.41) is -0.152. The fourth-order valence-corrected chi connectivity index (χ4v) is 3.93. The fraction of sp³-hybridized carbons (Fsp3) is 0.545. The van der Waals surface area contributed by atoms with Crippen LogP contribution in [0.25, 0.3) is 0 Å². The lowest BCUT2D eigenvalue weighted by Crippen LogP contribution is -2.33. The topological polar surface area (TPSA) is 67.6 Å². The van der Waals surface area contributed by atoms with Crippen LogP contribution in [0.2, 0.25) is 0 Å². The Morgan fingerprint density at radius 3 is 2.59 bits per heavy atom. The summed E-state index contributed by atoms with van der Waals surface area (Å²) in [6, 6.07) is 2.67. The molecule has 2 rings (SSSR count). The van der Waals surface area contributed by atoms with E-state index in [9.17, 15) is 13.2 Å². The van der Waals surface area contributed by atoms with Gasteiger partial charge in [0, 0.05) is 12.6 Å². The maximum absolute atomic E-state index is 12.2. The number of rotatable bonds is 3. The lowest BCUT2D eigenvalue weighted by molar-refractivity contribution is 0.109. The van der Waals surface area contributed by atoms with Crippen LogP contribution in [0.1, 0.15) is 30.8 Å². The SMILES string of the molecule is CC1CC(C)N(S(=O)(=O)c2ccc(C=O)o2)C1. The number of aldehydes is 1. The molecule has 0 saturated carbocycles. The van der Waals surface area contributed by atoms with Crippen molar-refractivity contribution in [2.24, 2.45) is 5.92 Å². The summed E-state index contributed by atoms with van der Waals surface area (Å²) in [4.78, 5) is 10.5. The molecule has 1 aromatic rings. The molecule has 0 N–H and O–H groups in total. The van der Waals surface area contributed by atoms with Crippen molar-refractivity contribution in [3.63, 3.8) is 0 Å². The average Bonchev–Trinajstić information content (AvgIpc) is 2.85. The molecule has 1 saturated heterocycles. The standard InChI is InChI=1S/C11H15NO4S/c1-8-5-9(2)12(6-8)17(14,15)11-4-3-10(7-13)16-11/h3-4,7-9H,5-6H2,1-2H3. The van der Waals surface area contributed by atoms with E-state index in [0.29, 0.717) is 18.7 Å². The van der Waals surface area contributed by atoms with Gasteiger partial charge in [0.1, 0.15) is 0 Å². The van der Waals surface area contributed by atoms with Crippen LogP contribution in [-0.2, 0) is 10.0 Å². The summed E-state index contributed by atoms with van der Waals surface area (Å²) < 4.78 is 30.9. The van der Waals surface area contributed by atoms with Crippen molar-refractivity contribution in [3.05, 3.63) is 17.9 Å². The van der Waals surface area contributed by atoms with E-state index in [-0.39, 0.29) is 16.9 Å². The molecular formula is C11H15NO4S. The number of carbonyl (C=O) groups excluding carboxylic acids is 1. The van der Waals surface area contributed by atoms with Crippen LogP contribution in [0.5, 0.6) is 0 Å². The Labute approximate surface area is 100 Å². The Bertz CT molecular complexity index is 519. The van der Waals surface area contributed by atoms with Crippen molar-refractivity contribution in [3.8, 4) is 0 Å². The van der Waals surface area contributed by atoms with Gasteiger partial charge in [0.05, 0.1) is 0 Å². The van der Waals surface area contributed by atoms with Crippen LogP contribution in [-0.4, -0.2) is 31.6 Å². The van der Waals surface area contributed by atoms with Crippen molar-refractivity contribution >= 4 is 16.3 Å². The molecule has 1 aromatic heterocycles. The Hall–Kier alpha value is -1.14. The van der Waals surface area contributed by atoms with Crippen LogP contribution in [0.4, 0.5) is 0 Å². The number of carbonyl (C=O) groups is 1. The normalized spacial score (nSPS) is 26.2. The number of nitrogens with zero attached hydrogens (tertiary/aromatic N) is 1. The second-order valence-corrected chi connectivity index (χ2v) is 6.36. The van der Waals surface area contributed by atoms with Gasteiger partial charge in [-0.1, -0.05) is 6.92 Å². The van der Waals surface area contributed by atoms with Crippen molar-refractivity contribution in [1.29, 1.82) is 0 Å². The number of hydrogen-bond acceptors (Lipinski definition) is 4. The van der Waals surface area contributed by atoms with Crippen LogP contribution in [0.3, 0.4) is 0 Å². The van der Waals surface area contributed by atoms with Crippen LogP contribution < -0.4 is 0 Å². The smallest absolute Gasteiger partial charge is 0.276 e. The molecule has 17 heavy (non-hydrogen) atoms. The molecule has 0 radical (unpaired) electrons. The fourth-order valence-electron chi connectivity index (χ4n) is 2.25. The zero-order valence-electron chi connectivity index (χ0n) is 9.79. The van der Waals surface area contributed by atoms with E-state index < -0.39 is 10.0 Å². The minimum absolute atomic E-state index is 0.0280. The third kappa shape index (κ3) is 2.14.